The minimum absolute atomic E-state index is 0.0316. The van der Waals surface area contributed by atoms with Crippen LogP contribution in [-0.2, 0) is 14.3 Å². The summed E-state index contributed by atoms with van der Waals surface area (Å²) in [5.74, 6) is 0.456. The first-order chi connectivity index (χ1) is 14.1. The Balaban J connectivity index is 1.67. The lowest BCUT2D eigenvalue weighted by Crippen LogP contribution is -2.59. The van der Waals surface area contributed by atoms with Crippen molar-refractivity contribution in [1.82, 2.24) is 0 Å². The highest BCUT2D eigenvalue weighted by atomic mass is 16.5. The number of ether oxygens (including phenoxy) is 1. The zero-order valence-electron chi connectivity index (χ0n) is 18.4. The first-order valence-corrected chi connectivity index (χ1v) is 11.2. The van der Waals surface area contributed by atoms with Crippen molar-refractivity contribution in [3.63, 3.8) is 0 Å². The van der Waals surface area contributed by atoms with Crippen molar-refractivity contribution < 1.29 is 19.4 Å². The summed E-state index contributed by atoms with van der Waals surface area (Å²) < 4.78 is 5.50. The van der Waals surface area contributed by atoms with Gasteiger partial charge in [-0.2, -0.15) is 0 Å². The Kier molecular flexibility index (Phi) is 5.06. The number of hydrogen-bond donors (Lipinski definition) is 1. The largest absolute Gasteiger partial charge is 0.462 e. The lowest BCUT2D eigenvalue weighted by Gasteiger charge is -2.58. The van der Waals surface area contributed by atoms with Gasteiger partial charge in [-0.15, -0.1) is 0 Å². The van der Waals surface area contributed by atoms with Crippen LogP contribution in [0.1, 0.15) is 72.6 Å². The molecule has 0 spiro atoms. The number of hydrogen-bond acceptors (Lipinski definition) is 5. The molecule has 0 bridgehead atoms. The number of fused-ring (bicyclic) bond motifs is 5. The van der Waals surface area contributed by atoms with Crippen molar-refractivity contribution in [3.05, 3.63) is 22.1 Å². The molecule has 0 unspecified atom stereocenters. The smallest absolute Gasteiger partial charge is 0.302 e. The maximum atomic E-state index is 12.6. The Morgan fingerprint density at radius 3 is 2.60 bits per heavy atom. The van der Waals surface area contributed by atoms with Crippen LogP contribution >= 0.6 is 0 Å². The molecule has 8 atom stereocenters. The van der Waals surface area contributed by atoms with Gasteiger partial charge in [0, 0.05) is 23.7 Å². The summed E-state index contributed by atoms with van der Waals surface area (Å²) in [5.41, 5.74) is 8.36. The van der Waals surface area contributed by atoms with E-state index in [2.05, 4.69) is 23.0 Å². The minimum Gasteiger partial charge on any atom is -0.462 e. The summed E-state index contributed by atoms with van der Waals surface area (Å²) in [5, 5.41) is 15.4. The zero-order chi connectivity index (χ0) is 21.9. The van der Waals surface area contributed by atoms with Crippen molar-refractivity contribution in [2.75, 3.05) is 0 Å². The van der Waals surface area contributed by atoms with Gasteiger partial charge in [0.25, 0.3) is 0 Å². The van der Waals surface area contributed by atoms with Crippen LogP contribution in [0.4, 0.5) is 0 Å². The highest BCUT2D eigenvalue weighted by molar-refractivity contribution is 5.87. The van der Waals surface area contributed by atoms with E-state index in [0.29, 0.717) is 18.3 Å². The maximum absolute atomic E-state index is 12.6. The number of ketones is 1. The molecule has 1 N–H and O–H groups in total. The van der Waals surface area contributed by atoms with E-state index in [1.165, 1.54) is 19.4 Å². The predicted octanol–water partition coefficient (Wildman–Crippen LogP) is 4.49. The molecule has 4 rings (SSSR count). The lowest BCUT2D eigenvalue weighted by atomic mass is 9.46. The number of rotatable bonds is 3. The predicted molar refractivity (Wildman–Crippen MR) is 111 cm³/mol. The summed E-state index contributed by atoms with van der Waals surface area (Å²) in [6.07, 6.45) is 8.12. The summed E-state index contributed by atoms with van der Waals surface area (Å²) in [7, 11) is 0. The highest BCUT2D eigenvalue weighted by Gasteiger charge is 2.68. The van der Waals surface area contributed by atoms with E-state index >= 15 is 0 Å². The third-order valence-corrected chi connectivity index (χ3v) is 9.34. The number of allylic oxidation sites excluding steroid dienone is 1. The van der Waals surface area contributed by atoms with Crippen LogP contribution in [0.2, 0.25) is 0 Å². The molecule has 7 nitrogen and oxygen atoms in total. The average molecular weight is 416 g/mol. The molecule has 0 aliphatic heterocycles. The van der Waals surface area contributed by atoms with Gasteiger partial charge < -0.3 is 9.84 Å². The molecule has 0 amide bonds. The number of nitrogens with zero attached hydrogens (tertiary/aromatic N) is 3. The quantitative estimate of drug-likeness (QED) is 0.240. The van der Waals surface area contributed by atoms with Crippen LogP contribution < -0.4 is 0 Å². The van der Waals surface area contributed by atoms with Crippen LogP contribution in [-0.4, -0.2) is 34.6 Å². The second-order valence-corrected chi connectivity index (χ2v) is 10.5. The van der Waals surface area contributed by atoms with Crippen molar-refractivity contribution in [1.29, 1.82) is 0 Å². The molecule has 30 heavy (non-hydrogen) atoms. The molecule has 3 fully saturated rings. The molecule has 0 aromatic heterocycles. The van der Waals surface area contributed by atoms with E-state index in [0.717, 1.165) is 38.5 Å². The SMILES string of the molecule is CC(=O)O[C@H]1CC[C@@]2(C)C(=CC[C@@H]3[C@@H]2CC[C@@]2(C)[C@H]3C[C@H](N=[N+]=[N-])[C@]2(O)C(C)=O)C1. The van der Waals surface area contributed by atoms with E-state index < -0.39 is 17.1 Å². The Morgan fingerprint density at radius 1 is 1.23 bits per heavy atom. The van der Waals surface area contributed by atoms with Crippen molar-refractivity contribution in [3.8, 4) is 0 Å². The van der Waals surface area contributed by atoms with Crippen molar-refractivity contribution in [2.45, 2.75) is 90.4 Å². The number of Topliss-reactive ketones (excluding diaryl/α,β-unsaturated/α-hetero) is 1. The van der Waals surface area contributed by atoms with E-state index in [-0.39, 0.29) is 29.2 Å². The van der Waals surface area contributed by atoms with Gasteiger partial charge in [-0.25, -0.2) is 0 Å². The molecule has 0 aromatic carbocycles. The van der Waals surface area contributed by atoms with Gasteiger partial charge in [-0.1, -0.05) is 30.6 Å². The van der Waals surface area contributed by atoms with Gasteiger partial charge in [0.05, 0.1) is 6.04 Å². The zero-order valence-corrected chi connectivity index (χ0v) is 18.4. The number of carbonyl (C=O) groups is 2. The summed E-state index contributed by atoms with van der Waals surface area (Å²) in [4.78, 5) is 27.0. The Bertz CT molecular complexity index is 849. The minimum atomic E-state index is -1.59. The molecular formula is C23H33N3O4. The van der Waals surface area contributed by atoms with Gasteiger partial charge in [0.2, 0.25) is 0 Å². The second kappa shape index (κ2) is 7.10. The molecule has 0 saturated heterocycles. The third kappa shape index (κ3) is 2.78. The van der Waals surface area contributed by atoms with E-state index in [4.69, 9.17) is 10.3 Å². The molecule has 0 radical (unpaired) electrons. The number of carbonyl (C=O) groups excluding carboxylic acids is 2. The van der Waals surface area contributed by atoms with Gasteiger partial charge in [0.1, 0.15) is 11.7 Å². The second-order valence-electron chi connectivity index (χ2n) is 10.5. The van der Waals surface area contributed by atoms with E-state index in [1.807, 2.05) is 6.92 Å². The van der Waals surface area contributed by atoms with Gasteiger partial charge >= 0.3 is 5.97 Å². The lowest BCUT2D eigenvalue weighted by molar-refractivity contribution is -0.162. The van der Waals surface area contributed by atoms with Crippen LogP contribution in [0, 0.1) is 28.6 Å². The Labute approximate surface area is 177 Å². The van der Waals surface area contributed by atoms with E-state index in [9.17, 15) is 14.7 Å². The van der Waals surface area contributed by atoms with Gasteiger partial charge in [-0.05, 0) is 74.1 Å². The van der Waals surface area contributed by atoms with E-state index in [1.54, 1.807) is 0 Å². The first-order valence-electron chi connectivity index (χ1n) is 11.2. The molecule has 0 aromatic rings. The van der Waals surface area contributed by atoms with Crippen LogP contribution in [0.25, 0.3) is 10.4 Å². The van der Waals surface area contributed by atoms with Crippen molar-refractivity contribution >= 4 is 11.8 Å². The third-order valence-electron chi connectivity index (χ3n) is 9.34. The molecule has 4 aliphatic rings. The normalized spacial score (nSPS) is 47.1. The van der Waals surface area contributed by atoms with Crippen LogP contribution in [0.5, 0.6) is 0 Å². The molecule has 0 heterocycles. The average Bonchev–Trinajstić information content (AvgIpc) is 2.91. The molecule has 4 aliphatic carbocycles. The highest BCUT2D eigenvalue weighted by Crippen LogP contribution is 2.67. The molecule has 164 valence electrons. The van der Waals surface area contributed by atoms with Crippen LogP contribution in [0.3, 0.4) is 0 Å². The fourth-order valence-corrected chi connectivity index (χ4v) is 7.81. The summed E-state index contributed by atoms with van der Waals surface area (Å²) in [6, 6.07) is -0.702. The molecule has 7 heteroatoms. The number of aliphatic hydroxyl groups is 1. The Morgan fingerprint density at radius 2 is 1.97 bits per heavy atom. The van der Waals surface area contributed by atoms with Crippen molar-refractivity contribution in [2.24, 2.45) is 33.7 Å². The Hall–Kier alpha value is -1.85. The molecular weight excluding hydrogens is 382 g/mol. The number of esters is 1. The van der Waals surface area contributed by atoms with Gasteiger partial charge in [-0.3, -0.25) is 9.59 Å². The standard InChI is InChI=1S/C23H33N3O4/c1-13(27)23(29)20(25-26-24)12-19-17-6-5-15-11-16(30-14(2)28)7-9-21(15,3)18(17)8-10-22(19,23)4/h5,16-20,29H,6-12H2,1-4H3/t16-,17+,18-,19-,20-,21-,22-,23+/m0/s1. The number of azide groups is 1. The molecule has 3 saturated carbocycles. The monoisotopic (exact) mass is 415 g/mol. The fraction of sp³-hybridized carbons (Fsp3) is 0.826. The summed E-state index contributed by atoms with van der Waals surface area (Å²) >= 11 is 0. The maximum Gasteiger partial charge on any atom is 0.302 e. The topological polar surface area (TPSA) is 112 Å². The van der Waals surface area contributed by atoms with Gasteiger partial charge in [0.15, 0.2) is 5.78 Å². The first kappa shape index (κ1) is 21.4. The summed E-state index contributed by atoms with van der Waals surface area (Å²) in [6.45, 7) is 7.27. The van der Waals surface area contributed by atoms with Crippen LogP contribution in [0.15, 0.2) is 16.8 Å². The fourth-order valence-electron chi connectivity index (χ4n) is 7.81.